The molecule has 0 aliphatic heterocycles. The quantitative estimate of drug-likeness (QED) is 0.355. The molecule has 15 heavy (non-hydrogen) atoms. The highest BCUT2D eigenvalue weighted by Gasteiger charge is 2.07. The predicted octanol–water partition coefficient (Wildman–Crippen LogP) is -1.02. The summed E-state index contributed by atoms with van der Waals surface area (Å²) in [7, 11) is 0. The van der Waals surface area contributed by atoms with Gasteiger partial charge in [-0.25, -0.2) is 0 Å². The third kappa shape index (κ3) is 7.70. The van der Waals surface area contributed by atoms with Crippen molar-refractivity contribution >= 4 is 0 Å². The van der Waals surface area contributed by atoms with Crippen molar-refractivity contribution in [3.8, 4) is 0 Å². The molecule has 0 saturated carbocycles. The minimum Gasteiger partial charge on any atom is -0.396 e. The Hall–Kier alpha value is -0.200. The van der Waals surface area contributed by atoms with Crippen LogP contribution in [0.15, 0.2) is 0 Å². The van der Waals surface area contributed by atoms with Gasteiger partial charge in [0.25, 0.3) is 0 Å². The Morgan fingerprint density at radius 2 is 1.00 bits per heavy atom. The first-order valence-corrected chi connectivity index (χ1v) is 5.29. The van der Waals surface area contributed by atoms with Gasteiger partial charge in [-0.1, -0.05) is 0 Å². The normalized spacial score (nSPS) is 11.6. The van der Waals surface area contributed by atoms with Crippen LogP contribution in [0.2, 0.25) is 0 Å². The summed E-state index contributed by atoms with van der Waals surface area (Å²) in [5.74, 6) is -0.229. The lowest BCUT2D eigenvalue weighted by atomic mass is 10.1. The van der Waals surface area contributed by atoms with Crippen molar-refractivity contribution in [3.05, 3.63) is 0 Å². The molecular formula is C10H22O5. The van der Waals surface area contributed by atoms with Gasteiger partial charge in [-0.15, -0.1) is 0 Å². The molecule has 0 fully saturated rings. The number of hydrogen-bond acceptors (Lipinski definition) is 5. The average molecular weight is 222 g/mol. The van der Waals surface area contributed by atoms with Gasteiger partial charge in [-0.05, 0) is 12.8 Å². The summed E-state index contributed by atoms with van der Waals surface area (Å²) < 4.78 is 5.26. The molecule has 0 aromatic rings. The summed E-state index contributed by atoms with van der Waals surface area (Å²) in [5.41, 5.74) is 0. The lowest BCUT2D eigenvalue weighted by Crippen LogP contribution is -2.16. The molecule has 0 bridgehead atoms. The van der Waals surface area contributed by atoms with E-state index in [0.29, 0.717) is 26.1 Å². The molecule has 4 N–H and O–H groups in total. The van der Waals surface area contributed by atoms with E-state index in [9.17, 15) is 0 Å². The molecule has 0 aromatic carbocycles. The third-order valence-electron chi connectivity index (χ3n) is 2.37. The van der Waals surface area contributed by atoms with Crippen molar-refractivity contribution in [1.82, 2.24) is 0 Å². The third-order valence-corrected chi connectivity index (χ3v) is 2.37. The Balaban J connectivity index is 3.30. The molecule has 0 spiro atoms. The van der Waals surface area contributed by atoms with E-state index >= 15 is 0 Å². The highest BCUT2D eigenvalue weighted by atomic mass is 16.5. The summed E-state index contributed by atoms with van der Waals surface area (Å²) in [6.07, 6.45) is 1.24. The van der Waals surface area contributed by atoms with Crippen LogP contribution in [-0.4, -0.2) is 60.1 Å². The summed E-state index contributed by atoms with van der Waals surface area (Å²) in [5, 5.41) is 35.1. The van der Waals surface area contributed by atoms with E-state index in [2.05, 4.69) is 0 Å². The SMILES string of the molecule is OCC(CO)CCOCCC(CO)CO. The molecule has 0 rings (SSSR count). The fourth-order valence-electron chi connectivity index (χ4n) is 1.08. The van der Waals surface area contributed by atoms with E-state index in [1.165, 1.54) is 0 Å². The predicted molar refractivity (Wildman–Crippen MR) is 55.4 cm³/mol. The van der Waals surface area contributed by atoms with E-state index in [0.717, 1.165) is 0 Å². The van der Waals surface area contributed by atoms with Crippen LogP contribution in [0.5, 0.6) is 0 Å². The minimum absolute atomic E-state index is 0.0320. The zero-order valence-corrected chi connectivity index (χ0v) is 9.01. The number of rotatable bonds is 10. The molecule has 0 atom stereocenters. The maximum Gasteiger partial charge on any atom is 0.0482 e. The Bertz CT molecular complexity index is 109. The second kappa shape index (κ2) is 10.3. The van der Waals surface area contributed by atoms with E-state index in [1.807, 2.05) is 0 Å². The van der Waals surface area contributed by atoms with Gasteiger partial charge in [0.05, 0.1) is 0 Å². The second-order valence-electron chi connectivity index (χ2n) is 3.65. The van der Waals surface area contributed by atoms with Gasteiger partial charge in [-0.3, -0.25) is 0 Å². The molecular weight excluding hydrogens is 200 g/mol. The van der Waals surface area contributed by atoms with E-state index in [1.54, 1.807) is 0 Å². The highest BCUT2D eigenvalue weighted by molar-refractivity contribution is 4.56. The Morgan fingerprint density at radius 1 is 0.667 bits per heavy atom. The van der Waals surface area contributed by atoms with Crippen LogP contribution in [0.25, 0.3) is 0 Å². The first-order chi connectivity index (χ1) is 7.28. The number of hydrogen-bond donors (Lipinski definition) is 4. The smallest absolute Gasteiger partial charge is 0.0482 e. The molecule has 0 aliphatic rings. The molecule has 0 radical (unpaired) electrons. The number of aliphatic hydroxyl groups excluding tert-OH is 4. The molecule has 92 valence electrons. The van der Waals surface area contributed by atoms with Gasteiger partial charge >= 0.3 is 0 Å². The van der Waals surface area contributed by atoms with E-state index < -0.39 is 0 Å². The van der Waals surface area contributed by atoms with Gasteiger partial charge < -0.3 is 25.2 Å². The van der Waals surface area contributed by atoms with Crippen LogP contribution in [0.3, 0.4) is 0 Å². The first-order valence-electron chi connectivity index (χ1n) is 5.29. The van der Waals surface area contributed by atoms with Crippen LogP contribution in [0.1, 0.15) is 12.8 Å². The van der Waals surface area contributed by atoms with Gasteiger partial charge in [0.15, 0.2) is 0 Å². The summed E-state index contributed by atoms with van der Waals surface area (Å²) in [4.78, 5) is 0. The van der Waals surface area contributed by atoms with Crippen molar-refractivity contribution in [1.29, 1.82) is 0 Å². The molecule has 0 aliphatic carbocycles. The molecule has 0 amide bonds. The van der Waals surface area contributed by atoms with Crippen LogP contribution in [-0.2, 0) is 4.74 Å². The highest BCUT2D eigenvalue weighted by Crippen LogP contribution is 2.03. The van der Waals surface area contributed by atoms with Gasteiger partial charge in [0.2, 0.25) is 0 Å². The second-order valence-corrected chi connectivity index (χ2v) is 3.65. The summed E-state index contributed by atoms with van der Waals surface area (Å²) in [6, 6.07) is 0. The standard InChI is InChI=1S/C10H22O5/c11-5-9(6-12)1-3-15-4-2-10(7-13)8-14/h9-14H,1-8H2. The lowest BCUT2D eigenvalue weighted by molar-refractivity contribution is 0.0623. The first kappa shape index (κ1) is 14.8. The van der Waals surface area contributed by atoms with E-state index in [-0.39, 0.29) is 38.3 Å². The molecule has 0 unspecified atom stereocenters. The van der Waals surface area contributed by atoms with Gasteiger partial charge in [0.1, 0.15) is 0 Å². The van der Waals surface area contributed by atoms with Crippen molar-refractivity contribution in [2.24, 2.45) is 11.8 Å². The number of aliphatic hydroxyl groups is 4. The summed E-state index contributed by atoms with van der Waals surface area (Å²) in [6.45, 7) is 0.835. The molecule has 0 saturated heterocycles. The van der Waals surface area contributed by atoms with Crippen molar-refractivity contribution < 1.29 is 25.2 Å². The average Bonchev–Trinajstić information content (AvgIpc) is 2.29. The van der Waals surface area contributed by atoms with Gasteiger partial charge in [0, 0.05) is 51.5 Å². The largest absolute Gasteiger partial charge is 0.396 e. The molecule has 0 aromatic heterocycles. The monoisotopic (exact) mass is 222 g/mol. The maximum atomic E-state index is 8.77. The zero-order valence-electron chi connectivity index (χ0n) is 9.01. The van der Waals surface area contributed by atoms with Crippen molar-refractivity contribution in [2.45, 2.75) is 12.8 Å². The zero-order chi connectivity index (χ0) is 11.5. The van der Waals surface area contributed by atoms with Crippen molar-refractivity contribution in [3.63, 3.8) is 0 Å². The maximum absolute atomic E-state index is 8.77. The molecule has 5 nitrogen and oxygen atoms in total. The van der Waals surface area contributed by atoms with Crippen LogP contribution in [0.4, 0.5) is 0 Å². The fourth-order valence-corrected chi connectivity index (χ4v) is 1.08. The Labute approximate surface area is 90.3 Å². The van der Waals surface area contributed by atoms with Crippen LogP contribution >= 0.6 is 0 Å². The minimum atomic E-state index is -0.114. The topological polar surface area (TPSA) is 90.2 Å². The van der Waals surface area contributed by atoms with Gasteiger partial charge in [-0.2, -0.15) is 0 Å². The van der Waals surface area contributed by atoms with Crippen LogP contribution < -0.4 is 0 Å². The summed E-state index contributed by atoms with van der Waals surface area (Å²) >= 11 is 0. The van der Waals surface area contributed by atoms with E-state index in [4.69, 9.17) is 25.2 Å². The molecule has 5 heteroatoms. The Kier molecular flexibility index (Phi) is 10.2. The number of ether oxygens (including phenoxy) is 1. The molecule has 0 heterocycles. The van der Waals surface area contributed by atoms with Crippen LogP contribution in [0, 0.1) is 11.8 Å². The van der Waals surface area contributed by atoms with Crippen molar-refractivity contribution in [2.75, 3.05) is 39.6 Å². The fraction of sp³-hybridized carbons (Fsp3) is 1.00. The Morgan fingerprint density at radius 3 is 1.27 bits per heavy atom. The lowest BCUT2D eigenvalue weighted by Gasteiger charge is -2.13.